The van der Waals surface area contributed by atoms with Crippen molar-refractivity contribution in [2.24, 2.45) is 5.41 Å². The number of rotatable bonds is 14. The van der Waals surface area contributed by atoms with Gasteiger partial charge in [-0.1, -0.05) is 0 Å². The Morgan fingerprint density at radius 2 is 1.17 bits per heavy atom. The van der Waals surface area contributed by atoms with Gasteiger partial charge in [0.05, 0.1) is 30.6 Å². The molecule has 0 aliphatic carbocycles. The van der Waals surface area contributed by atoms with Crippen molar-refractivity contribution in [3.63, 3.8) is 0 Å². The second-order valence-electron chi connectivity index (χ2n) is 4.72. The summed E-state index contributed by atoms with van der Waals surface area (Å²) in [6, 6.07) is 0. The van der Waals surface area contributed by atoms with Crippen molar-refractivity contribution in [1.29, 1.82) is 0 Å². The first-order valence-corrected chi connectivity index (χ1v) is 11.4. The molecule has 0 radical (unpaired) electrons. The first kappa shape index (κ1) is 25.1. The molecular weight excluding hydrogens is 475 g/mol. The van der Waals surface area contributed by atoms with Crippen LogP contribution in [0.5, 0.6) is 0 Å². The van der Waals surface area contributed by atoms with E-state index in [0.29, 0.717) is 0 Å². The second kappa shape index (κ2) is 13.3. The van der Waals surface area contributed by atoms with Gasteiger partial charge in [0.1, 0.15) is 0 Å². The molecule has 23 heavy (non-hydrogen) atoms. The van der Waals surface area contributed by atoms with Gasteiger partial charge in [0.2, 0.25) is 0 Å². The van der Waals surface area contributed by atoms with Crippen molar-refractivity contribution in [3.8, 4) is 0 Å². The molecule has 2 unspecified atom stereocenters. The fourth-order valence-corrected chi connectivity index (χ4v) is 3.93. The van der Waals surface area contributed by atoms with Crippen molar-refractivity contribution in [2.45, 2.75) is 10.8 Å². The average molecular weight is 493 g/mol. The van der Waals surface area contributed by atoms with Gasteiger partial charge in [-0.05, 0) is 0 Å². The Kier molecular flexibility index (Phi) is 14.6. The van der Waals surface area contributed by atoms with Crippen LogP contribution < -0.4 is 0 Å². The van der Waals surface area contributed by atoms with E-state index in [-0.39, 0.29) is 49.2 Å². The van der Waals surface area contributed by atoms with Gasteiger partial charge in [0.15, 0.2) is 0 Å². The summed E-state index contributed by atoms with van der Waals surface area (Å²) in [7, 11) is -3.95. The van der Waals surface area contributed by atoms with Crippen molar-refractivity contribution < 1.29 is 18.1 Å². The minimum absolute atomic E-state index is 0.107. The van der Waals surface area contributed by atoms with Gasteiger partial charge in [-0.2, -0.15) is 0 Å². The fourth-order valence-electron chi connectivity index (χ4n) is 0.984. The molecule has 0 aliphatic heterocycles. The van der Waals surface area contributed by atoms with E-state index in [2.05, 4.69) is 0 Å². The van der Waals surface area contributed by atoms with E-state index in [1.165, 1.54) is 0 Å². The van der Waals surface area contributed by atoms with Gasteiger partial charge >= 0.3 is 7.82 Å². The molecule has 0 aromatic rings. The summed E-state index contributed by atoms with van der Waals surface area (Å²) in [4.78, 5) is 0. The number of alkyl halides is 7. The lowest BCUT2D eigenvalue weighted by Gasteiger charge is -2.28. The van der Waals surface area contributed by atoms with Crippen LogP contribution in [-0.4, -0.2) is 60.0 Å². The lowest BCUT2D eigenvalue weighted by Crippen LogP contribution is -2.33. The van der Waals surface area contributed by atoms with Crippen LogP contribution in [0.3, 0.4) is 0 Å². The van der Waals surface area contributed by atoms with Gasteiger partial charge in [0.25, 0.3) is 0 Å². The highest BCUT2D eigenvalue weighted by molar-refractivity contribution is 7.48. The molecule has 0 bridgehead atoms. The Balaban J connectivity index is 4.85. The van der Waals surface area contributed by atoms with Gasteiger partial charge in [-0.25, -0.2) is 4.57 Å². The summed E-state index contributed by atoms with van der Waals surface area (Å²) in [5.74, 6) is 0.547. The average Bonchev–Trinajstić information content (AvgIpc) is 2.59. The Morgan fingerprint density at radius 3 is 1.48 bits per heavy atom. The summed E-state index contributed by atoms with van der Waals surface area (Å²) in [5, 5.41) is -1.12. The van der Waals surface area contributed by atoms with E-state index in [1.54, 1.807) is 0 Å². The maximum Gasteiger partial charge on any atom is 0.474 e. The first-order valence-electron chi connectivity index (χ1n) is 6.42. The molecule has 0 saturated heterocycles. The molecule has 0 heterocycles. The lowest BCUT2D eigenvalue weighted by molar-refractivity contribution is 0.0894. The molecule has 12 heteroatoms. The standard InChI is InChI=1S/C11H18Cl7O4P/c12-1-9(17)3-20-23(19,21-4-10(18)2-13)22-8-11(5-14,6-15)7-16/h9-10H,1-8H2. The van der Waals surface area contributed by atoms with Gasteiger partial charge in [0, 0.05) is 34.8 Å². The molecule has 0 aromatic heterocycles. The predicted molar refractivity (Wildman–Crippen MR) is 101 cm³/mol. The smallest absolute Gasteiger partial charge is 0.286 e. The lowest BCUT2D eigenvalue weighted by atomic mass is 9.98. The summed E-state index contributed by atoms with van der Waals surface area (Å²) >= 11 is 40.4. The molecule has 0 amide bonds. The Morgan fingerprint density at radius 1 is 0.783 bits per heavy atom. The minimum atomic E-state index is -3.95. The topological polar surface area (TPSA) is 44.8 Å². The molecule has 0 aliphatic rings. The van der Waals surface area contributed by atoms with Gasteiger partial charge in [-0.3, -0.25) is 13.6 Å². The van der Waals surface area contributed by atoms with Crippen molar-refractivity contribution in [2.75, 3.05) is 49.2 Å². The van der Waals surface area contributed by atoms with Crippen LogP contribution in [-0.2, 0) is 18.1 Å². The number of phosphoric acid groups is 1. The normalized spacial score (nSPS) is 17.7. The Bertz CT molecular complexity index is 333. The number of hydrogen-bond acceptors (Lipinski definition) is 4. The van der Waals surface area contributed by atoms with Crippen LogP contribution in [0.15, 0.2) is 0 Å². The molecule has 4 nitrogen and oxygen atoms in total. The maximum absolute atomic E-state index is 12.6. The third-order valence-electron chi connectivity index (χ3n) is 2.54. The van der Waals surface area contributed by atoms with E-state index in [9.17, 15) is 4.57 Å². The highest BCUT2D eigenvalue weighted by Gasteiger charge is 2.35. The van der Waals surface area contributed by atoms with Gasteiger partial charge < -0.3 is 0 Å². The van der Waals surface area contributed by atoms with Crippen molar-refractivity contribution in [3.05, 3.63) is 0 Å². The monoisotopic (exact) mass is 490 g/mol. The Labute approximate surface area is 171 Å². The molecular formula is C11H18Cl7O4P. The minimum Gasteiger partial charge on any atom is -0.286 e. The summed E-state index contributed by atoms with van der Waals surface area (Å²) in [6.07, 6.45) is 0. The highest BCUT2D eigenvalue weighted by atomic mass is 35.5. The second-order valence-corrected chi connectivity index (χ2v) is 9.04. The zero-order valence-corrected chi connectivity index (χ0v) is 18.2. The van der Waals surface area contributed by atoms with E-state index in [0.717, 1.165) is 0 Å². The number of phosphoric ester groups is 1. The van der Waals surface area contributed by atoms with Crippen molar-refractivity contribution >= 4 is 89.0 Å². The van der Waals surface area contributed by atoms with E-state index in [1.807, 2.05) is 0 Å². The van der Waals surface area contributed by atoms with Crippen LogP contribution in [0.4, 0.5) is 0 Å². The van der Waals surface area contributed by atoms with Crippen LogP contribution in [0, 0.1) is 5.41 Å². The van der Waals surface area contributed by atoms with Crippen LogP contribution in [0.25, 0.3) is 0 Å². The molecule has 0 aromatic carbocycles. The fraction of sp³-hybridized carbons (Fsp3) is 1.00. The predicted octanol–water partition coefficient (Wildman–Crippen LogP) is 5.54. The molecule has 2 atom stereocenters. The molecule has 0 saturated carbocycles. The van der Waals surface area contributed by atoms with E-state index < -0.39 is 24.0 Å². The molecule has 0 spiro atoms. The summed E-state index contributed by atoms with van der Waals surface area (Å²) in [5.41, 5.74) is -0.771. The number of hydrogen-bond donors (Lipinski definition) is 0. The molecule has 0 rings (SSSR count). The third-order valence-corrected chi connectivity index (χ3v) is 7.24. The third kappa shape index (κ3) is 10.2. The largest absolute Gasteiger partial charge is 0.474 e. The molecule has 0 N–H and O–H groups in total. The van der Waals surface area contributed by atoms with Crippen LogP contribution in [0.2, 0.25) is 0 Å². The quantitative estimate of drug-likeness (QED) is 0.236. The van der Waals surface area contributed by atoms with Gasteiger partial charge in [-0.15, -0.1) is 81.2 Å². The maximum atomic E-state index is 12.6. The summed E-state index contributed by atoms with van der Waals surface area (Å²) in [6.45, 7) is -0.389. The van der Waals surface area contributed by atoms with Crippen LogP contribution >= 0.6 is 89.0 Å². The zero-order chi connectivity index (χ0) is 17.9. The van der Waals surface area contributed by atoms with Crippen molar-refractivity contribution in [1.82, 2.24) is 0 Å². The SMILES string of the molecule is O=P(OCC(Cl)CCl)(OCC(Cl)CCl)OCC(CCl)(CCl)CCl. The first-order chi connectivity index (χ1) is 10.8. The summed E-state index contributed by atoms with van der Waals surface area (Å²) < 4.78 is 28.3. The zero-order valence-electron chi connectivity index (χ0n) is 12.0. The molecule has 140 valence electrons. The van der Waals surface area contributed by atoms with E-state index in [4.69, 9.17) is 94.8 Å². The van der Waals surface area contributed by atoms with Crippen LogP contribution in [0.1, 0.15) is 0 Å². The number of halogens is 7. The van der Waals surface area contributed by atoms with E-state index >= 15 is 0 Å². The highest BCUT2D eigenvalue weighted by Crippen LogP contribution is 2.51. The molecule has 0 fully saturated rings. The Hall–Kier alpha value is 2.14.